The van der Waals surface area contributed by atoms with Gasteiger partial charge in [0.05, 0.1) is 0 Å². The van der Waals surface area contributed by atoms with Crippen molar-refractivity contribution in [1.29, 1.82) is 0 Å². The first-order valence-corrected chi connectivity index (χ1v) is 6.04. The second-order valence-electron chi connectivity index (χ2n) is 5.78. The molecule has 0 saturated carbocycles. The largest absolute Gasteiger partial charge is 0.313 e. The fourth-order valence-corrected chi connectivity index (χ4v) is 1.45. The number of hydrogen-bond acceptors (Lipinski definition) is 1. The maximum absolute atomic E-state index is 3.69. The van der Waals surface area contributed by atoms with Crippen molar-refractivity contribution in [2.45, 2.75) is 60.9 Å². The molecule has 1 unspecified atom stereocenters. The fraction of sp³-hybridized carbons (Fsp3) is 1.00. The first-order valence-electron chi connectivity index (χ1n) is 6.04. The van der Waals surface area contributed by atoms with Crippen molar-refractivity contribution in [1.82, 2.24) is 5.32 Å². The van der Waals surface area contributed by atoms with Crippen LogP contribution in [0.2, 0.25) is 0 Å². The number of rotatable bonds is 6. The molecule has 1 N–H and O–H groups in total. The molecule has 0 saturated heterocycles. The van der Waals surface area contributed by atoms with Crippen LogP contribution in [0.25, 0.3) is 0 Å². The van der Waals surface area contributed by atoms with Crippen LogP contribution >= 0.6 is 0 Å². The van der Waals surface area contributed by atoms with Crippen LogP contribution in [0.4, 0.5) is 0 Å². The fourth-order valence-electron chi connectivity index (χ4n) is 1.45. The van der Waals surface area contributed by atoms with E-state index >= 15 is 0 Å². The van der Waals surface area contributed by atoms with Crippen molar-refractivity contribution < 1.29 is 0 Å². The Morgan fingerprint density at radius 3 is 1.86 bits per heavy atom. The van der Waals surface area contributed by atoms with E-state index in [1.165, 1.54) is 6.42 Å². The highest BCUT2D eigenvalue weighted by Crippen LogP contribution is 2.25. The molecule has 1 nitrogen and oxygen atoms in total. The third-order valence-electron chi connectivity index (χ3n) is 3.63. The quantitative estimate of drug-likeness (QED) is 0.688. The minimum atomic E-state index is 0.405. The summed E-state index contributed by atoms with van der Waals surface area (Å²) >= 11 is 0. The van der Waals surface area contributed by atoms with Gasteiger partial charge >= 0.3 is 0 Å². The summed E-state index contributed by atoms with van der Waals surface area (Å²) in [7, 11) is 0. The van der Waals surface area contributed by atoms with E-state index < -0.39 is 0 Å². The van der Waals surface area contributed by atoms with Crippen molar-refractivity contribution in [3.63, 3.8) is 0 Å². The van der Waals surface area contributed by atoms with Crippen LogP contribution < -0.4 is 5.32 Å². The van der Waals surface area contributed by atoms with Crippen LogP contribution in [0.15, 0.2) is 0 Å². The zero-order valence-electron chi connectivity index (χ0n) is 11.1. The summed E-state index contributed by atoms with van der Waals surface area (Å²) in [4.78, 5) is 0. The smallest absolute Gasteiger partial charge is 0.00876 e. The molecule has 0 spiro atoms. The van der Waals surface area contributed by atoms with E-state index in [4.69, 9.17) is 0 Å². The zero-order chi connectivity index (χ0) is 11.4. The third kappa shape index (κ3) is 4.45. The summed E-state index contributed by atoms with van der Waals surface area (Å²) in [6.07, 6.45) is 1.23. The van der Waals surface area contributed by atoms with E-state index in [0.29, 0.717) is 11.5 Å². The third-order valence-corrected chi connectivity index (χ3v) is 3.63. The van der Waals surface area contributed by atoms with Crippen molar-refractivity contribution in [2.75, 3.05) is 6.54 Å². The molecule has 0 radical (unpaired) electrons. The van der Waals surface area contributed by atoms with Gasteiger partial charge in [-0.15, -0.1) is 0 Å². The topological polar surface area (TPSA) is 12.0 Å². The molecule has 0 amide bonds. The molecule has 1 heteroatoms. The summed E-state index contributed by atoms with van der Waals surface area (Å²) in [6.45, 7) is 17.3. The van der Waals surface area contributed by atoms with Crippen molar-refractivity contribution >= 4 is 0 Å². The lowest BCUT2D eigenvalue weighted by Crippen LogP contribution is -2.41. The van der Waals surface area contributed by atoms with Crippen LogP contribution in [-0.4, -0.2) is 12.6 Å². The number of hydrogen-bond donors (Lipinski definition) is 1. The van der Waals surface area contributed by atoms with Gasteiger partial charge in [-0.05, 0) is 23.7 Å². The Morgan fingerprint density at radius 1 is 1.07 bits per heavy atom. The van der Waals surface area contributed by atoms with Gasteiger partial charge in [-0.25, -0.2) is 0 Å². The minimum Gasteiger partial charge on any atom is -0.313 e. The van der Waals surface area contributed by atoms with Crippen LogP contribution in [0.5, 0.6) is 0 Å². The Kier molecular flexibility index (Phi) is 5.73. The SMILES string of the molecule is CCC(NCC(C)(C)C(C)C)C(C)C. The molecule has 0 rings (SSSR count). The molecule has 0 aromatic rings. The van der Waals surface area contributed by atoms with Crippen LogP contribution in [0.1, 0.15) is 54.9 Å². The molecule has 0 aromatic heterocycles. The average Bonchev–Trinajstić information content (AvgIpc) is 2.04. The Hall–Kier alpha value is -0.0400. The van der Waals surface area contributed by atoms with E-state index in [9.17, 15) is 0 Å². The van der Waals surface area contributed by atoms with Crippen molar-refractivity contribution in [3.8, 4) is 0 Å². The highest BCUT2D eigenvalue weighted by Gasteiger charge is 2.23. The molecule has 0 heterocycles. The van der Waals surface area contributed by atoms with Gasteiger partial charge in [0.1, 0.15) is 0 Å². The lowest BCUT2D eigenvalue weighted by atomic mass is 9.81. The predicted molar refractivity (Wildman–Crippen MR) is 65.5 cm³/mol. The van der Waals surface area contributed by atoms with Gasteiger partial charge in [0.15, 0.2) is 0 Å². The predicted octanol–water partition coefficient (Wildman–Crippen LogP) is 3.69. The molecule has 0 aromatic carbocycles. The highest BCUT2D eigenvalue weighted by atomic mass is 14.9. The van der Waals surface area contributed by atoms with E-state index in [2.05, 4.69) is 53.8 Å². The highest BCUT2D eigenvalue weighted by molar-refractivity contribution is 4.78. The number of nitrogens with one attached hydrogen (secondary N) is 1. The standard InChI is InChI=1S/C13H29N/c1-8-12(10(2)3)14-9-13(6,7)11(4)5/h10-12,14H,8-9H2,1-7H3. The molecule has 1 atom stereocenters. The van der Waals surface area contributed by atoms with Crippen molar-refractivity contribution in [3.05, 3.63) is 0 Å². The molecule has 86 valence electrons. The first-order chi connectivity index (χ1) is 6.31. The van der Waals surface area contributed by atoms with Crippen molar-refractivity contribution in [2.24, 2.45) is 17.3 Å². The second kappa shape index (κ2) is 5.75. The molecular formula is C13H29N. The monoisotopic (exact) mass is 199 g/mol. The summed E-state index contributed by atoms with van der Waals surface area (Å²) < 4.78 is 0. The summed E-state index contributed by atoms with van der Waals surface area (Å²) in [5, 5.41) is 3.69. The molecule has 14 heavy (non-hydrogen) atoms. The lowest BCUT2D eigenvalue weighted by Gasteiger charge is -2.32. The minimum absolute atomic E-state index is 0.405. The average molecular weight is 199 g/mol. The van der Waals surface area contributed by atoms with E-state index in [1.807, 2.05) is 0 Å². The Bertz CT molecular complexity index is 147. The lowest BCUT2D eigenvalue weighted by molar-refractivity contribution is 0.216. The summed E-state index contributed by atoms with van der Waals surface area (Å²) in [5.41, 5.74) is 0.405. The molecule has 0 aliphatic carbocycles. The van der Waals surface area contributed by atoms with Gasteiger partial charge in [0.2, 0.25) is 0 Å². The van der Waals surface area contributed by atoms with E-state index in [-0.39, 0.29) is 0 Å². The normalized spacial score (nSPS) is 15.2. The van der Waals surface area contributed by atoms with E-state index in [0.717, 1.165) is 18.4 Å². The Balaban J connectivity index is 4.02. The summed E-state index contributed by atoms with van der Waals surface area (Å²) in [5.74, 6) is 1.47. The molecule has 0 bridgehead atoms. The molecule has 0 aliphatic rings. The van der Waals surface area contributed by atoms with E-state index in [1.54, 1.807) is 0 Å². The van der Waals surface area contributed by atoms with Gasteiger partial charge in [-0.1, -0.05) is 48.5 Å². The van der Waals surface area contributed by atoms with Crippen LogP contribution in [-0.2, 0) is 0 Å². The zero-order valence-corrected chi connectivity index (χ0v) is 11.1. The van der Waals surface area contributed by atoms with Gasteiger partial charge in [-0.2, -0.15) is 0 Å². The van der Waals surface area contributed by atoms with Gasteiger partial charge in [0, 0.05) is 12.6 Å². The summed E-state index contributed by atoms with van der Waals surface area (Å²) in [6, 6.07) is 0.674. The molecular weight excluding hydrogens is 170 g/mol. The molecule has 0 fully saturated rings. The maximum Gasteiger partial charge on any atom is 0.00876 e. The van der Waals surface area contributed by atoms with Gasteiger partial charge in [0.25, 0.3) is 0 Å². The second-order valence-corrected chi connectivity index (χ2v) is 5.78. The van der Waals surface area contributed by atoms with Gasteiger partial charge < -0.3 is 5.32 Å². The Labute approximate surface area is 90.7 Å². The van der Waals surface area contributed by atoms with Gasteiger partial charge in [-0.3, -0.25) is 0 Å². The maximum atomic E-state index is 3.69. The Morgan fingerprint density at radius 2 is 1.57 bits per heavy atom. The molecule has 0 aliphatic heterocycles. The van der Waals surface area contributed by atoms with Crippen LogP contribution in [0.3, 0.4) is 0 Å². The first kappa shape index (κ1) is 14.0. The van der Waals surface area contributed by atoms with Crippen LogP contribution in [0, 0.1) is 17.3 Å².